The standard InChI is InChI=1S/C23H34N6O9/c1-12(2)6-17(26-13(3)31)23(38)28-16(4-5-19(32)33)21(36)29-18(7-14-9-24-11-25-14)22(37)27-15(10-30)8-20(34)35/h9-12,15-18H,4-8H2,1-3H3,(H,24,25)(H,26,31)(H,27,37)(H,28,38)(H,29,36)(H,32,33)(H,34,35)/t15-,16-,17-,18-/m0/s1. The van der Waals surface area contributed by atoms with Crippen molar-refractivity contribution in [2.45, 2.75) is 77.0 Å². The van der Waals surface area contributed by atoms with Crippen molar-refractivity contribution in [2.24, 2.45) is 5.92 Å². The van der Waals surface area contributed by atoms with E-state index in [4.69, 9.17) is 10.2 Å². The highest BCUT2D eigenvalue weighted by Crippen LogP contribution is 2.08. The van der Waals surface area contributed by atoms with Gasteiger partial charge < -0.3 is 41.3 Å². The van der Waals surface area contributed by atoms with Gasteiger partial charge in [-0.3, -0.25) is 28.8 Å². The maximum absolute atomic E-state index is 13.2. The van der Waals surface area contributed by atoms with E-state index in [1.54, 1.807) is 0 Å². The number of aromatic amines is 1. The highest BCUT2D eigenvalue weighted by molar-refractivity contribution is 5.95. The lowest BCUT2D eigenvalue weighted by Crippen LogP contribution is -2.58. The Bertz CT molecular complexity index is 996. The van der Waals surface area contributed by atoms with Gasteiger partial charge in [0.25, 0.3) is 0 Å². The minimum absolute atomic E-state index is 0.00273. The molecule has 0 bridgehead atoms. The smallest absolute Gasteiger partial charge is 0.305 e. The number of H-pyrrole nitrogens is 1. The lowest BCUT2D eigenvalue weighted by Gasteiger charge is -2.26. The van der Waals surface area contributed by atoms with Gasteiger partial charge in [-0.25, -0.2) is 4.98 Å². The number of carbonyl (C=O) groups excluding carboxylic acids is 5. The summed E-state index contributed by atoms with van der Waals surface area (Å²) in [6.45, 7) is 4.88. The molecule has 1 aromatic rings. The third kappa shape index (κ3) is 12.1. The fourth-order valence-corrected chi connectivity index (χ4v) is 3.46. The molecule has 0 saturated carbocycles. The lowest BCUT2D eigenvalue weighted by molar-refractivity contribution is -0.140. The average molecular weight is 539 g/mol. The normalized spacial score (nSPS) is 13.9. The Morgan fingerprint density at radius 2 is 1.53 bits per heavy atom. The zero-order valence-electron chi connectivity index (χ0n) is 21.4. The minimum Gasteiger partial charge on any atom is -0.481 e. The SMILES string of the molecule is CC(=O)N[C@@H](CC(C)C)C(=O)N[C@@H](CCC(=O)O)C(=O)N[C@@H](Cc1cnc[nH]1)C(=O)N[C@H](C=O)CC(=O)O. The first kappa shape index (κ1) is 31.7. The van der Waals surface area contributed by atoms with Gasteiger partial charge in [-0.2, -0.15) is 0 Å². The van der Waals surface area contributed by atoms with Crippen LogP contribution in [0.3, 0.4) is 0 Å². The van der Waals surface area contributed by atoms with E-state index in [-0.39, 0.29) is 31.5 Å². The van der Waals surface area contributed by atoms with Crippen LogP contribution in [0.1, 0.15) is 52.1 Å². The van der Waals surface area contributed by atoms with Crippen LogP contribution in [0.2, 0.25) is 0 Å². The summed E-state index contributed by atoms with van der Waals surface area (Å²) < 4.78 is 0. The summed E-state index contributed by atoms with van der Waals surface area (Å²) in [5, 5.41) is 27.7. The first-order valence-electron chi connectivity index (χ1n) is 11.9. The molecular weight excluding hydrogens is 504 g/mol. The molecule has 4 atom stereocenters. The topological polar surface area (TPSA) is 237 Å². The lowest BCUT2D eigenvalue weighted by atomic mass is 10.0. The number of nitrogens with one attached hydrogen (secondary N) is 5. The zero-order chi connectivity index (χ0) is 28.8. The molecule has 15 nitrogen and oxygen atoms in total. The van der Waals surface area contributed by atoms with Gasteiger partial charge in [0.2, 0.25) is 23.6 Å². The number of carbonyl (C=O) groups is 7. The van der Waals surface area contributed by atoms with Crippen molar-refractivity contribution in [1.29, 1.82) is 0 Å². The van der Waals surface area contributed by atoms with Gasteiger partial charge >= 0.3 is 11.9 Å². The minimum atomic E-state index is -1.39. The molecule has 0 aliphatic rings. The monoisotopic (exact) mass is 538 g/mol. The molecule has 1 heterocycles. The number of carboxylic acid groups (broad SMARTS) is 2. The first-order valence-corrected chi connectivity index (χ1v) is 11.9. The summed E-state index contributed by atoms with van der Waals surface area (Å²) in [5.74, 6) is -5.52. The number of hydrogen-bond acceptors (Lipinski definition) is 8. The molecule has 1 rings (SSSR count). The number of rotatable bonds is 17. The fourth-order valence-electron chi connectivity index (χ4n) is 3.46. The number of hydrogen-bond donors (Lipinski definition) is 7. The van der Waals surface area contributed by atoms with Crippen LogP contribution < -0.4 is 21.3 Å². The Labute approximate surface area is 218 Å². The van der Waals surface area contributed by atoms with Gasteiger partial charge in [-0.1, -0.05) is 13.8 Å². The molecule has 0 aliphatic heterocycles. The van der Waals surface area contributed by atoms with Gasteiger partial charge in [0, 0.05) is 31.7 Å². The molecule has 1 aromatic heterocycles. The average Bonchev–Trinajstić information content (AvgIpc) is 3.32. The largest absolute Gasteiger partial charge is 0.481 e. The number of imidazole rings is 1. The highest BCUT2D eigenvalue weighted by Gasteiger charge is 2.31. The Balaban J connectivity index is 3.14. The molecule has 0 unspecified atom stereocenters. The van der Waals surface area contributed by atoms with Crippen LogP contribution in [0.25, 0.3) is 0 Å². The maximum atomic E-state index is 13.2. The Kier molecular flexibility index (Phi) is 13.1. The van der Waals surface area contributed by atoms with E-state index in [1.807, 2.05) is 13.8 Å². The van der Waals surface area contributed by atoms with Gasteiger partial charge in [0.05, 0.1) is 18.8 Å². The van der Waals surface area contributed by atoms with Gasteiger partial charge in [-0.05, 0) is 18.8 Å². The second-order valence-corrected chi connectivity index (χ2v) is 9.07. The molecule has 0 aliphatic carbocycles. The number of aldehydes is 1. The Hall–Kier alpha value is -4.30. The predicted molar refractivity (Wildman–Crippen MR) is 130 cm³/mol. The summed E-state index contributed by atoms with van der Waals surface area (Å²) in [7, 11) is 0. The fraction of sp³-hybridized carbons (Fsp3) is 0.565. The van der Waals surface area contributed by atoms with Crippen LogP contribution in [-0.2, 0) is 40.0 Å². The van der Waals surface area contributed by atoms with Crippen LogP contribution in [0.15, 0.2) is 12.5 Å². The van der Waals surface area contributed by atoms with Crippen LogP contribution in [0.5, 0.6) is 0 Å². The summed E-state index contributed by atoms with van der Waals surface area (Å²) >= 11 is 0. The first-order chi connectivity index (χ1) is 17.8. The summed E-state index contributed by atoms with van der Waals surface area (Å²) in [5.41, 5.74) is 0.417. The van der Waals surface area contributed by atoms with E-state index >= 15 is 0 Å². The van der Waals surface area contributed by atoms with Crippen LogP contribution in [0.4, 0.5) is 0 Å². The Morgan fingerprint density at radius 1 is 0.921 bits per heavy atom. The predicted octanol–water partition coefficient (Wildman–Crippen LogP) is -1.50. The number of amides is 4. The van der Waals surface area contributed by atoms with E-state index < -0.39 is 72.6 Å². The van der Waals surface area contributed by atoms with E-state index in [9.17, 15) is 33.6 Å². The van der Waals surface area contributed by atoms with Crippen molar-refractivity contribution < 1.29 is 43.8 Å². The van der Waals surface area contributed by atoms with Crippen LogP contribution in [0, 0.1) is 5.92 Å². The maximum Gasteiger partial charge on any atom is 0.305 e. The third-order valence-corrected chi connectivity index (χ3v) is 5.18. The van der Waals surface area contributed by atoms with Crippen molar-refractivity contribution in [1.82, 2.24) is 31.2 Å². The van der Waals surface area contributed by atoms with E-state index in [2.05, 4.69) is 31.2 Å². The van der Waals surface area contributed by atoms with Gasteiger partial charge in [-0.15, -0.1) is 0 Å². The zero-order valence-corrected chi connectivity index (χ0v) is 21.4. The number of aliphatic carboxylic acids is 2. The molecule has 0 spiro atoms. The van der Waals surface area contributed by atoms with Crippen LogP contribution in [-0.4, -0.2) is 86.2 Å². The van der Waals surface area contributed by atoms with E-state index in [1.165, 1.54) is 19.4 Å². The highest BCUT2D eigenvalue weighted by atomic mass is 16.4. The molecule has 15 heteroatoms. The van der Waals surface area contributed by atoms with E-state index in [0.29, 0.717) is 5.69 Å². The quantitative estimate of drug-likeness (QED) is 0.113. The van der Waals surface area contributed by atoms with E-state index in [0.717, 1.165) is 0 Å². The van der Waals surface area contributed by atoms with Crippen molar-refractivity contribution in [3.63, 3.8) is 0 Å². The molecule has 0 saturated heterocycles. The summed E-state index contributed by atoms with van der Waals surface area (Å²) in [4.78, 5) is 90.4. The second kappa shape index (κ2) is 15.7. The molecular formula is C23H34N6O9. The molecule has 0 radical (unpaired) electrons. The molecule has 38 heavy (non-hydrogen) atoms. The Morgan fingerprint density at radius 3 is 2.03 bits per heavy atom. The van der Waals surface area contributed by atoms with Gasteiger partial charge in [0.1, 0.15) is 24.4 Å². The van der Waals surface area contributed by atoms with Crippen molar-refractivity contribution in [2.75, 3.05) is 0 Å². The summed E-state index contributed by atoms with van der Waals surface area (Å²) in [6.07, 6.45) is 1.57. The van der Waals surface area contributed by atoms with Crippen LogP contribution >= 0.6 is 0 Å². The number of carboxylic acids is 2. The second-order valence-electron chi connectivity index (χ2n) is 9.07. The molecule has 210 valence electrons. The van der Waals surface area contributed by atoms with Crippen molar-refractivity contribution >= 4 is 41.9 Å². The van der Waals surface area contributed by atoms with Gasteiger partial charge in [0.15, 0.2) is 0 Å². The summed E-state index contributed by atoms with van der Waals surface area (Å²) in [6, 6.07) is -5.08. The molecule has 0 fully saturated rings. The van der Waals surface area contributed by atoms with Crippen molar-refractivity contribution in [3.05, 3.63) is 18.2 Å². The number of nitrogens with zero attached hydrogens (tertiary/aromatic N) is 1. The van der Waals surface area contributed by atoms with Crippen molar-refractivity contribution in [3.8, 4) is 0 Å². The molecule has 7 N–H and O–H groups in total. The third-order valence-electron chi connectivity index (χ3n) is 5.18. The molecule has 0 aromatic carbocycles. The number of aromatic nitrogens is 2. The molecule has 4 amide bonds.